The maximum absolute atomic E-state index is 13.4. The first-order chi connectivity index (χ1) is 15.5. The van der Waals surface area contributed by atoms with Crippen LogP contribution in [0.2, 0.25) is 5.02 Å². The molecule has 1 saturated heterocycles. The molecule has 0 radical (unpaired) electrons. The number of anilines is 1. The van der Waals surface area contributed by atoms with E-state index in [4.69, 9.17) is 26.1 Å². The molecule has 0 spiro atoms. The molecule has 3 heterocycles. The molecule has 32 heavy (non-hydrogen) atoms. The molecule has 1 aliphatic carbocycles. The second-order valence-electron chi connectivity index (χ2n) is 8.83. The zero-order valence-corrected chi connectivity index (χ0v) is 19.1. The van der Waals surface area contributed by atoms with Crippen LogP contribution in [0.15, 0.2) is 30.5 Å². The third kappa shape index (κ3) is 4.32. The fourth-order valence-electron chi connectivity index (χ4n) is 4.07. The molecule has 7 nitrogen and oxygen atoms in total. The van der Waals surface area contributed by atoms with Gasteiger partial charge in [0.15, 0.2) is 5.65 Å². The van der Waals surface area contributed by atoms with Gasteiger partial charge in [-0.05, 0) is 63.8 Å². The van der Waals surface area contributed by atoms with E-state index in [0.29, 0.717) is 34.5 Å². The molecule has 1 N–H and O–H groups in total. The molecule has 5 rings (SSSR count). The van der Waals surface area contributed by atoms with E-state index in [2.05, 4.69) is 24.3 Å². The van der Waals surface area contributed by atoms with Gasteiger partial charge in [-0.2, -0.15) is 5.10 Å². The SMILES string of the molecule is CC(C)n1ncc2c(C(=O)Nc3cc(Cl)ccc3OCC3CCCO3)cc(C3CC3)nc21. The zero-order valence-electron chi connectivity index (χ0n) is 18.3. The highest BCUT2D eigenvalue weighted by molar-refractivity contribution is 6.31. The maximum Gasteiger partial charge on any atom is 0.256 e. The number of benzene rings is 1. The molecule has 1 amide bonds. The van der Waals surface area contributed by atoms with Gasteiger partial charge in [-0.1, -0.05) is 11.6 Å². The molecule has 1 saturated carbocycles. The van der Waals surface area contributed by atoms with E-state index in [1.165, 1.54) is 0 Å². The van der Waals surface area contributed by atoms with Crippen molar-refractivity contribution in [3.63, 3.8) is 0 Å². The molecule has 1 aromatic carbocycles. The Labute approximate surface area is 192 Å². The number of carbonyl (C=O) groups excluding carboxylic acids is 1. The average Bonchev–Trinajstić information content (AvgIpc) is 3.31. The summed E-state index contributed by atoms with van der Waals surface area (Å²) >= 11 is 6.23. The smallest absolute Gasteiger partial charge is 0.256 e. The molecule has 2 aromatic heterocycles. The number of pyridine rings is 1. The summed E-state index contributed by atoms with van der Waals surface area (Å²) in [6.07, 6.45) is 6.03. The summed E-state index contributed by atoms with van der Waals surface area (Å²) < 4.78 is 13.5. The maximum atomic E-state index is 13.4. The van der Waals surface area contributed by atoms with Gasteiger partial charge in [0.05, 0.1) is 28.9 Å². The van der Waals surface area contributed by atoms with Crippen molar-refractivity contribution in [2.45, 2.75) is 57.6 Å². The van der Waals surface area contributed by atoms with E-state index in [1.54, 1.807) is 24.4 Å². The minimum absolute atomic E-state index is 0.0806. The summed E-state index contributed by atoms with van der Waals surface area (Å²) in [6.45, 7) is 5.32. The lowest BCUT2D eigenvalue weighted by Crippen LogP contribution is -2.18. The van der Waals surface area contributed by atoms with Crippen LogP contribution in [0, 0.1) is 0 Å². The van der Waals surface area contributed by atoms with Gasteiger partial charge in [0, 0.05) is 29.3 Å². The van der Waals surface area contributed by atoms with E-state index in [1.807, 2.05) is 10.7 Å². The van der Waals surface area contributed by atoms with Gasteiger partial charge in [0.25, 0.3) is 5.91 Å². The fraction of sp³-hybridized carbons (Fsp3) is 0.458. The Bertz CT molecular complexity index is 1150. The first kappa shape index (κ1) is 21.2. The van der Waals surface area contributed by atoms with Crippen LogP contribution in [0.4, 0.5) is 5.69 Å². The molecule has 1 aliphatic heterocycles. The number of rotatable bonds is 7. The Balaban J connectivity index is 1.45. The van der Waals surface area contributed by atoms with Gasteiger partial charge in [-0.3, -0.25) is 4.79 Å². The van der Waals surface area contributed by atoms with Crippen LogP contribution in [0.1, 0.15) is 67.5 Å². The molecule has 2 fully saturated rings. The highest BCUT2D eigenvalue weighted by Crippen LogP contribution is 2.40. The number of hydrogen-bond acceptors (Lipinski definition) is 5. The van der Waals surface area contributed by atoms with Crippen LogP contribution in [0.25, 0.3) is 11.0 Å². The lowest BCUT2D eigenvalue weighted by atomic mass is 10.1. The lowest BCUT2D eigenvalue weighted by Gasteiger charge is -2.16. The van der Waals surface area contributed by atoms with Crippen molar-refractivity contribution in [3.8, 4) is 5.75 Å². The first-order valence-corrected chi connectivity index (χ1v) is 11.6. The second kappa shape index (κ2) is 8.71. The van der Waals surface area contributed by atoms with Crippen LogP contribution in [-0.4, -0.2) is 40.0 Å². The first-order valence-electron chi connectivity index (χ1n) is 11.2. The minimum atomic E-state index is -0.230. The van der Waals surface area contributed by atoms with E-state index in [0.717, 1.165) is 49.0 Å². The van der Waals surface area contributed by atoms with Gasteiger partial charge in [-0.25, -0.2) is 9.67 Å². The summed E-state index contributed by atoms with van der Waals surface area (Å²) in [5.41, 5.74) is 2.80. The van der Waals surface area contributed by atoms with Gasteiger partial charge in [0.2, 0.25) is 0 Å². The number of carbonyl (C=O) groups is 1. The number of aromatic nitrogens is 3. The third-order valence-electron chi connectivity index (χ3n) is 5.95. The van der Waals surface area contributed by atoms with Crippen LogP contribution < -0.4 is 10.1 Å². The van der Waals surface area contributed by atoms with Crippen molar-refractivity contribution < 1.29 is 14.3 Å². The van der Waals surface area contributed by atoms with Crippen LogP contribution in [-0.2, 0) is 4.74 Å². The van der Waals surface area contributed by atoms with Gasteiger partial charge in [-0.15, -0.1) is 0 Å². The number of nitrogens with one attached hydrogen (secondary N) is 1. The average molecular weight is 455 g/mol. The van der Waals surface area contributed by atoms with E-state index in [9.17, 15) is 4.79 Å². The Morgan fingerprint density at radius 1 is 1.31 bits per heavy atom. The molecule has 8 heteroatoms. The molecular formula is C24H27ClN4O3. The summed E-state index contributed by atoms with van der Waals surface area (Å²) in [6, 6.07) is 7.30. The Kier molecular flexibility index (Phi) is 5.78. The van der Waals surface area contributed by atoms with Crippen molar-refractivity contribution in [3.05, 3.63) is 46.7 Å². The van der Waals surface area contributed by atoms with Crippen LogP contribution in [0.3, 0.4) is 0 Å². The zero-order chi connectivity index (χ0) is 22.2. The van der Waals surface area contributed by atoms with Gasteiger partial charge >= 0.3 is 0 Å². The molecule has 0 bridgehead atoms. The van der Waals surface area contributed by atoms with Crippen molar-refractivity contribution in [1.29, 1.82) is 0 Å². The predicted octanol–water partition coefficient (Wildman–Crippen LogP) is 5.35. The summed E-state index contributed by atoms with van der Waals surface area (Å²) in [4.78, 5) is 18.3. The number of amides is 1. The Hall–Kier alpha value is -2.64. The van der Waals surface area contributed by atoms with Crippen molar-refractivity contribution in [2.75, 3.05) is 18.5 Å². The van der Waals surface area contributed by atoms with E-state index in [-0.39, 0.29) is 18.1 Å². The highest BCUT2D eigenvalue weighted by atomic mass is 35.5. The molecule has 3 aromatic rings. The number of ether oxygens (including phenoxy) is 2. The van der Waals surface area contributed by atoms with Crippen LogP contribution in [0.5, 0.6) is 5.75 Å². The topological polar surface area (TPSA) is 78.3 Å². The van der Waals surface area contributed by atoms with Crippen molar-refractivity contribution in [2.24, 2.45) is 0 Å². The predicted molar refractivity (Wildman–Crippen MR) is 124 cm³/mol. The number of nitrogens with zero attached hydrogens (tertiary/aromatic N) is 3. The standard InChI is InChI=1S/C24H27ClN4O3/c1-14(2)29-23-19(12-26-29)18(11-20(27-23)15-5-6-15)24(30)28-21-10-16(25)7-8-22(21)32-13-17-4-3-9-31-17/h7-8,10-12,14-15,17H,3-6,9,13H2,1-2H3,(H,28,30). The van der Waals surface area contributed by atoms with Gasteiger partial charge < -0.3 is 14.8 Å². The third-order valence-corrected chi connectivity index (χ3v) is 6.19. The molecule has 2 aliphatic rings. The molecule has 1 atom stereocenters. The number of hydrogen-bond donors (Lipinski definition) is 1. The molecule has 1 unspecified atom stereocenters. The van der Waals surface area contributed by atoms with Crippen molar-refractivity contribution in [1.82, 2.24) is 14.8 Å². The van der Waals surface area contributed by atoms with Crippen molar-refractivity contribution >= 4 is 34.2 Å². The van der Waals surface area contributed by atoms with E-state index < -0.39 is 0 Å². The minimum Gasteiger partial charge on any atom is -0.489 e. The lowest BCUT2D eigenvalue weighted by molar-refractivity contribution is 0.0682. The van der Waals surface area contributed by atoms with Gasteiger partial charge in [0.1, 0.15) is 12.4 Å². The summed E-state index contributed by atoms with van der Waals surface area (Å²) in [7, 11) is 0. The van der Waals surface area contributed by atoms with Crippen LogP contribution >= 0.6 is 11.6 Å². The number of halogens is 1. The monoisotopic (exact) mass is 454 g/mol. The quantitative estimate of drug-likeness (QED) is 0.520. The molecule has 168 valence electrons. The van der Waals surface area contributed by atoms with E-state index >= 15 is 0 Å². The summed E-state index contributed by atoms with van der Waals surface area (Å²) in [5.74, 6) is 0.758. The largest absolute Gasteiger partial charge is 0.489 e. The number of fused-ring (bicyclic) bond motifs is 1. The Morgan fingerprint density at radius 2 is 2.16 bits per heavy atom. The summed E-state index contributed by atoms with van der Waals surface area (Å²) in [5, 5.41) is 8.76. The molecular weight excluding hydrogens is 428 g/mol. The second-order valence-corrected chi connectivity index (χ2v) is 9.27. The highest BCUT2D eigenvalue weighted by Gasteiger charge is 2.28. The normalized spacial score (nSPS) is 18.4. The fourth-order valence-corrected chi connectivity index (χ4v) is 4.24. The Morgan fingerprint density at radius 3 is 2.88 bits per heavy atom.